The van der Waals surface area contributed by atoms with Crippen LogP contribution in [0.25, 0.3) is 0 Å². The molecule has 2 N–H and O–H groups in total. The van der Waals surface area contributed by atoms with Gasteiger partial charge in [-0.2, -0.15) is 0 Å². The molecule has 0 saturated heterocycles. The van der Waals surface area contributed by atoms with Crippen molar-refractivity contribution in [2.75, 3.05) is 6.54 Å². The summed E-state index contributed by atoms with van der Waals surface area (Å²) in [6.07, 6.45) is 7.60. The Morgan fingerprint density at radius 1 is 1.37 bits per heavy atom. The number of allylic oxidation sites excluding steroid dienone is 1. The van der Waals surface area contributed by atoms with E-state index in [1.165, 1.54) is 12.0 Å². The summed E-state index contributed by atoms with van der Waals surface area (Å²) in [4.78, 5) is 22.9. The maximum atomic E-state index is 11.8. The largest absolute Gasteiger partial charge is 0.481 e. The van der Waals surface area contributed by atoms with Gasteiger partial charge in [-0.15, -0.1) is 0 Å². The van der Waals surface area contributed by atoms with Crippen LogP contribution in [-0.4, -0.2) is 23.5 Å². The van der Waals surface area contributed by atoms with E-state index >= 15 is 0 Å². The monoisotopic (exact) mass is 267 g/mol. The van der Waals surface area contributed by atoms with Gasteiger partial charge in [-0.05, 0) is 38.0 Å². The number of carbonyl (C=O) groups is 2. The van der Waals surface area contributed by atoms with Gasteiger partial charge in [0.2, 0.25) is 5.91 Å². The molecule has 1 rings (SSSR count). The number of aliphatic carboxylic acids is 1. The molecule has 1 atom stereocenters. The summed E-state index contributed by atoms with van der Waals surface area (Å²) in [6, 6.07) is 0. The van der Waals surface area contributed by atoms with Crippen molar-refractivity contribution in [1.29, 1.82) is 0 Å². The fraction of sp³-hybridized carbons (Fsp3) is 0.733. The molecule has 0 bridgehead atoms. The van der Waals surface area contributed by atoms with Gasteiger partial charge in [0, 0.05) is 13.0 Å². The Labute approximate surface area is 115 Å². The van der Waals surface area contributed by atoms with E-state index in [0.717, 1.165) is 19.3 Å². The van der Waals surface area contributed by atoms with Crippen LogP contribution in [0.15, 0.2) is 11.6 Å². The van der Waals surface area contributed by atoms with E-state index in [0.29, 0.717) is 18.8 Å². The van der Waals surface area contributed by atoms with Gasteiger partial charge in [-0.1, -0.05) is 25.5 Å². The van der Waals surface area contributed by atoms with E-state index in [1.807, 2.05) is 13.8 Å². The van der Waals surface area contributed by atoms with Gasteiger partial charge in [0.25, 0.3) is 0 Å². The summed E-state index contributed by atoms with van der Waals surface area (Å²) >= 11 is 0. The van der Waals surface area contributed by atoms with E-state index in [-0.39, 0.29) is 12.5 Å². The molecule has 0 heterocycles. The standard InChI is InChI=1S/C15H25NO3/c1-11(2)8-13(15(18)19)10-16-14(17)9-12-6-4-3-5-7-12/h6,11,13H,3-5,7-10H2,1-2H3,(H,16,17)(H,18,19). The van der Waals surface area contributed by atoms with Crippen molar-refractivity contribution in [1.82, 2.24) is 5.32 Å². The van der Waals surface area contributed by atoms with E-state index in [1.54, 1.807) is 0 Å². The summed E-state index contributed by atoms with van der Waals surface area (Å²) in [5, 5.41) is 11.8. The predicted molar refractivity (Wildman–Crippen MR) is 74.8 cm³/mol. The molecule has 0 fully saturated rings. The summed E-state index contributed by atoms with van der Waals surface area (Å²) < 4.78 is 0. The SMILES string of the molecule is CC(C)CC(CNC(=O)CC1=CCCCC1)C(=O)O. The lowest BCUT2D eigenvalue weighted by Gasteiger charge is -2.16. The Morgan fingerprint density at radius 3 is 2.63 bits per heavy atom. The van der Waals surface area contributed by atoms with Gasteiger partial charge in [0.05, 0.1) is 5.92 Å². The third-order valence-electron chi connectivity index (χ3n) is 3.42. The van der Waals surface area contributed by atoms with Gasteiger partial charge < -0.3 is 10.4 Å². The molecule has 1 aliphatic carbocycles. The summed E-state index contributed by atoms with van der Waals surface area (Å²) in [5.74, 6) is -1.04. The second-order valence-electron chi connectivity index (χ2n) is 5.75. The molecular formula is C15H25NO3. The molecule has 0 aliphatic heterocycles. The highest BCUT2D eigenvalue weighted by Crippen LogP contribution is 2.20. The maximum absolute atomic E-state index is 11.8. The predicted octanol–water partition coefficient (Wildman–Crippen LogP) is 2.74. The van der Waals surface area contributed by atoms with E-state index in [2.05, 4.69) is 11.4 Å². The molecule has 108 valence electrons. The van der Waals surface area contributed by atoms with Crippen molar-refractivity contribution in [2.45, 2.75) is 52.4 Å². The number of amides is 1. The second kappa shape index (κ2) is 7.97. The molecule has 0 aromatic carbocycles. The lowest BCUT2D eigenvalue weighted by molar-refractivity contribution is -0.142. The summed E-state index contributed by atoms with van der Waals surface area (Å²) in [6.45, 7) is 4.22. The molecule has 0 radical (unpaired) electrons. The normalized spacial score (nSPS) is 16.9. The van der Waals surface area contributed by atoms with Crippen LogP contribution in [-0.2, 0) is 9.59 Å². The first-order valence-electron chi connectivity index (χ1n) is 7.16. The third kappa shape index (κ3) is 6.41. The number of hydrogen-bond donors (Lipinski definition) is 2. The summed E-state index contributed by atoms with van der Waals surface area (Å²) in [7, 11) is 0. The zero-order chi connectivity index (χ0) is 14.3. The highest BCUT2D eigenvalue weighted by atomic mass is 16.4. The van der Waals surface area contributed by atoms with Crippen LogP contribution in [0.3, 0.4) is 0 Å². The fourth-order valence-electron chi connectivity index (χ4n) is 2.41. The zero-order valence-electron chi connectivity index (χ0n) is 11.9. The molecule has 1 unspecified atom stereocenters. The first kappa shape index (κ1) is 15.7. The second-order valence-corrected chi connectivity index (χ2v) is 5.75. The van der Waals surface area contributed by atoms with Crippen LogP contribution in [0, 0.1) is 11.8 Å². The molecule has 1 amide bonds. The van der Waals surface area contributed by atoms with Crippen molar-refractivity contribution in [3.05, 3.63) is 11.6 Å². The van der Waals surface area contributed by atoms with Gasteiger partial charge >= 0.3 is 5.97 Å². The molecule has 0 spiro atoms. The minimum absolute atomic E-state index is 0.0526. The van der Waals surface area contributed by atoms with Gasteiger partial charge in [-0.25, -0.2) is 0 Å². The van der Waals surface area contributed by atoms with Crippen molar-refractivity contribution in [2.24, 2.45) is 11.8 Å². The molecule has 0 aromatic rings. The quantitative estimate of drug-likeness (QED) is 0.697. The zero-order valence-corrected chi connectivity index (χ0v) is 11.9. The highest BCUT2D eigenvalue weighted by molar-refractivity contribution is 5.79. The topological polar surface area (TPSA) is 66.4 Å². The Bertz CT molecular complexity index is 347. The van der Waals surface area contributed by atoms with Crippen LogP contribution < -0.4 is 5.32 Å². The van der Waals surface area contributed by atoms with Crippen molar-refractivity contribution >= 4 is 11.9 Å². The smallest absolute Gasteiger partial charge is 0.308 e. The lowest BCUT2D eigenvalue weighted by atomic mass is 9.96. The molecule has 4 nitrogen and oxygen atoms in total. The van der Waals surface area contributed by atoms with Crippen LogP contribution in [0.1, 0.15) is 52.4 Å². The Morgan fingerprint density at radius 2 is 2.11 bits per heavy atom. The van der Waals surface area contributed by atoms with E-state index in [4.69, 9.17) is 5.11 Å². The molecule has 0 aromatic heterocycles. The van der Waals surface area contributed by atoms with Crippen LogP contribution >= 0.6 is 0 Å². The molecular weight excluding hydrogens is 242 g/mol. The van der Waals surface area contributed by atoms with E-state index in [9.17, 15) is 9.59 Å². The number of nitrogens with one attached hydrogen (secondary N) is 1. The first-order chi connectivity index (χ1) is 8.99. The molecule has 1 aliphatic rings. The number of carboxylic acids is 1. The van der Waals surface area contributed by atoms with Crippen LogP contribution in [0.2, 0.25) is 0 Å². The van der Waals surface area contributed by atoms with Gasteiger partial charge in [-0.3, -0.25) is 9.59 Å². The first-order valence-corrected chi connectivity index (χ1v) is 7.16. The average Bonchev–Trinajstić information content (AvgIpc) is 2.35. The Hall–Kier alpha value is -1.32. The summed E-state index contributed by atoms with van der Waals surface area (Å²) in [5.41, 5.74) is 1.19. The number of carboxylic acid groups (broad SMARTS) is 1. The van der Waals surface area contributed by atoms with Gasteiger partial charge in [0.15, 0.2) is 0 Å². The minimum Gasteiger partial charge on any atom is -0.481 e. The minimum atomic E-state index is -0.828. The van der Waals surface area contributed by atoms with Crippen molar-refractivity contribution in [3.63, 3.8) is 0 Å². The van der Waals surface area contributed by atoms with Crippen LogP contribution in [0.4, 0.5) is 0 Å². The van der Waals surface area contributed by atoms with Crippen molar-refractivity contribution in [3.8, 4) is 0 Å². The van der Waals surface area contributed by atoms with E-state index < -0.39 is 11.9 Å². The fourth-order valence-corrected chi connectivity index (χ4v) is 2.41. The molecule has 0 saturated carbocycles. The van der Waals surface area contributed by atoms with Gasteiger partial charge in [0.1, 0.15) is 0 Å². The average molecular weight is 267 g/mol. The third-order valence-corrected chi connectivity index (χ3v) is 3.42. The lowest BCUT2D eigenvalue weighted by Crippen LogP contribution is -2.33. The number of hydrogen-bond acceptors (Lipinski definition) is 2. The van der Waals surface area contributed by atoms with Crippen LogP contribution in [0.5, 0.6) is 0 Å². The Kier molecular flexibility index (Phi) is 6.60. The Balaban J connectivity index is 2.34. The maximum Gasteiger partial charge on any atom is 0.308 e. The highest BCUT2D eigenvalue weighted by Gasteiger charge is 2.19. The number of carbonyl (C=O) groups excluding carboxylic acids is 1. The molecule has 19 heavy (non-hydrogen) atoms. The van der Waals surface area contributed by atoms with Crippen molar-refractivity contribution < 1.29 is 14.7 Å². The molecule has 4 heteroatoms. The number of rotatable bonds is 7.